The van der Waals surface area contributed by atoms with Crippen molar-refractivity contribution in [1.82, 2.24) is 4.90 Å². The smallest absolute Gasteiger partial charge is 0.259 e. The Morgan fingerprint density at radius 3 is 2.83 bits per heavy atom. The van der Waals surface area contributed by atoms with Crippen molar-refractivity contribution in [2.45, 2.75) is 12.5 Å². The molecule has 1 amide bonds. The van der Waals surface area contributed by atoms with E-state index in [0.717, 1.165) is 30.1 Å². The maximum atomic E-state index is 13.7. The van der Waals surface area contributed by atoms with Crippen LogP contribution < -0.4 is 5.73 Å². The second-order valence-electron chi connectivity index (χ2n) is 4.26. The summed E-state index contributed by atoms with van der Waals surface area (Å²) in [7, 11) is 1.57. The first-order chi connectivity index (χ1) is 8.52. The molecule has 1 fully saturated rings. The fourth-order valence-electron chi connectivity index (χ4n) is 1.93. The van der Waals surface area contributed by atoms with Gasteiger partial charge in [0.25, 0.3) is 5.91 Å². The van der Waals surface area contributed by atoms with E-state index < -0.39 is 23.1 Å². The summed E-state index contributed by atoms with van der Waals surface area (Å²) in [5.41, 5.74) is 4.59. The number of carbonyl (C=O) groups excluding carboxylic acids is 1. The molecule has 1 atom stereocenters. The summed E-state index contributed by atoms with van der Waals surface area (Å²) in [6.45, 7) is 0. The molecule has 0 aromatic heterocycles. The Morgan fingerprint density at radius 1 is 1.50 bits per heavy atom. The third kappa shape index (κ3) is 2.29. The van der Waals surface area contributed by atoms with Crippen LogP contribution in [0.3, 0.4) is 0 Å². The van der Waals surface area contributed by atoms with Crippen molar-refractivity contribution < 1.29 is 13.6 Å². The second kappa shape index (κ2) is 5.14. The van der Waals surface area contributed by atoms with E-state index in [1.807, 2.05) is 0 Å². The Balaban J connectivity index is 2.30. The Hall–Kier alpha value is -1.30. The molecule has 6 heteroatoms. The van der Waals surface area contributed by atoms with Crippen LogP contribution in [0.1, 0.15) is 16.8 Å². The Kier molecular flexibility index (Phi) is 3.75. The number of nitrogen functional groups attached to an aromatic ring is 1. The molecule has 0 bridgehead atoms. The number of hydrogen-bond donors (Lipinski definition) is 1. The van der Waals surface area contributed by atoms with Gasteiger partial charge >= 0.3 is 0 Å². The van der Waals surface area contributed by atoms with Gasteiger partial charge in [0.15, 0.2) is 5.82 Å². The minimum absolute atomic E-state index is 0.0303. The van der Waals surface area contributed by atoms with E-state index in [4.69, 9.17) is 5.73 Å². The van der Waals surface area contributed by atoms with Gasteiger partial charge in [0, 0.05) is 18.8 Å². The molecule has 1 aromatic carbocycles. The highest BCUT2D eigenvalue weighted by molar-refractivity contribution is 7.99. The van der Waals surface area contributed by atoms with E-state index >= 15 is 0 Å². The van der Waals surface area contributed by atoms with Crippen molar-refractivity contribution in [1.29, 1.82) is 0 Å². The number of nitrogens with two attached hydrogens (primary N) is 1. The fourth-order valence-corrected chi connectivity index (χ4v) is 3.20. The third-order valence-electron chi connectivity index (χ3n) is 3.11. The molecular formula is C12H14F2N2OS. The quantitative estimate of drug-likeness (QED) is 0.839. The number of hydrogen-bond acceptors (Lipinski definition) is 3. The lowest BCUT2D eigenvalue weighted by Gasteiger charge is -2.24. The molecule has 0 radical (unpaired) electrons. The van der Waals surface area contributed by atoms with E-state index in [0.29, 0.717) is 0 Å². The van der Waals surface area contributed by atoms with Crippen LogP contribution in [0.25, 0.3) is 0 Å². The van der Waals surface area contributed by atoms with Gasteiger partial charge in [0.2, 0.25) is 0 Å². The molecule has 1 aromatic rings. The Labute approximate surface area is 108 Å². The van der Waals surface area contributed by atoms with Gasteiger partial charge in [-0.1, -0.05) is 0 Å². The molecule has 1 heterocycles. The zero-order valence-electron chi connectivity index (χ0n) is 9.95. The molecule has 2 N–H and O–H groups in total. The summed E-state index contributed by atoms with van der Waals surface area (Å²) in [4.78, 5) is 13.5. The molecular weight excluding hydrogens is 258 g/mol. The third-order valence-corrected chi connectivity index (χ3v) is 4.25. The summed E-state index contributed by atoms with van der Waals surface area (Å²) in [5, 5.41) is 0. The Morgan fingerprint density at radius 2 is 2.22 bits per heavy atom. The van der Waals surface area contributed by atoms with Crippen molar-refractivity contribution in [2.24, 2.45) is 0 Å². The monoisotopic (exact) mass is 272 g/mol. The van der Waals surface area contributed by atoms with Crippen LogP contribution in [0.2, 0.25) is 0 Å². The van der Waals surface area contributed by atoms with Gasteiger partial charge in [-0.05, 0) is 24.3 Å². The number of amides is 1. The van der Waals surface area contributed by atoms with Crippen molar-refractivity contribution >= 4 is 23.4 Å². The van der Waals surface area contributed by atoms with Crippen molar-refractivity contribution in [3.8, 4) is 0 Å². The molecule has 2 rings (SSSR count). The lowest BCUT2D eigenvalue weighted by molar-refractivity contribution is 0.0738. The standard InChI is InChI=1S/C12H14F2N2OS/c1-16(7-4-5-18-6-7)12(17)10-8(13)2-3-9(15)11(10)14/h2-3,7H,4-6,15H2,1H3. The molecule has 3 nitrogen and oxygen atoms in total. The fraction of sp³-hybridized carbons (Fsp3) is 0.417. The summed E-state index contributed by atoms with van der Waals surface area (Å²) in [5.74, 6) is -0.732. The first kappa shape index (κ1) is 13.1. The summed E-state index contributed by atoms with van der Waals surface area (Å²) < 4.78 is 27.3. The van der Waals surface area contributed by atoms with Crippen LogP contribution >= 0.6 is 11.8 Å². The average Bonchev–Trinajstić information content (AvgIpc) is 2.87. The number of thioether (sulfide) groups is 1. The van der Waals surface area contributed by atoms with Crippen LogP contribution in [0.5, 0.6) is 0 Å². The zero-order chi connectivity index (χ0) is 13.3. The number of carbonyl (C=O) groups is 1. The second-order valence-corrected chi connectivity index (χ2v) is 5.41. The van der Waals surface area contributed by atoms with Crippen molar-refractivity contribution in [3.63, 3.8) is 0 Å². The van der Waals surface area contributed by atoms with E-state index in [1.54, 1.807) is 18.8 Å². The molecule has 1 aliphatic heterocycles. The van der Waals surface area contributed by atoms with Gasteiger partial charge in [-0.15, -0.1) is 0 Å². The predicted octanol–water partition coefficient (Wildman–Crippen LogP) is 2.12. The minimum Gasteiger partial charge on any atom is -0.396 e. The number of benzene rings is 1. The van der Waals surface area contributed by atoms with Gasteiger partial charge in [0.05, 0.1) is 5.69 Å². The summed E-state index contributed by atoms with van der Waals surface area (Å²) in [6.07, 6.45) is 0.846. The van der Waals surface area contributed by atoms with Crippen molar-refractivity contribution in [2.75, 3.05) is 24.3 Å². The normalized spacial score (nSPS) is 18.9. The van der Waals surface area contributed by atoms with Gasteiger partial charge < -0.3 is 10.6 Å². The largest absolute Gasteiger partial charge is 0.396 e. The predicted molar refractivity (Wildman–Crippen MR) is 68.6 cm³/mol. The highest BCUT2D eigenvalue weighted by atomic mass is 32.2. The van der Waals surface area contributed by atoms with Crippen molar-refractivity contribution in [3.05, 3.63) is 29.3 Å². The maximum absolute atomic E-state index is 13.7. The maximum Gasteiger partial charge on any atom is 0.259 e. The molecule has 1 unspecified atom stereocenters. The number of rotatable bonds is 2. The van der Waals surface area contributed by atoms with Gasteiger partial charge in [-0.3, -0.25) is 4.79 Å². The van der Waals surface area contributed by atoms with Gasteiger partial charge in [-0.25, -0.2) is 8.78 Å². The molecule has 1 saturated heterocycles. The molecule has 18 heavy (non-hydrogen) atoms. The summed E-state index contributed by atoms with van der Waals surface area (Å²) >= 11 is 1.73. The first-order valence-corrected chi connectivity index (χ1v) is 6.76. The number of halogens is 2. The number of anilines is 1. The molecule has 0 spiro atoms. The van der Waals surface area contributed by atoms with E-state index in [2.05, 4.69) is 0 Å². The van der Waals surface area contributed by atoms with Crippen LogP contribution in [-0.2, 0) is 0 Å². The van der Waals surface area contributed by atoms with E-state index in [1.165, 1.54) is 4.90 Å². The summed E-state index contributed by atoms with van der Waals surface area (Å²) in [6, 6.07) is 2.16. The molecule has 0 aliphatic carbocycles. The topological polar surface area (TPSA) is 46.3 Å². The molecule has 98 valence electrons. The van der Waals surface area contributed by atoms with Gasteiger partial charge in [-0.2, -0.15) is 11.8 Å². The highest BCUT2D eigenvalue weighted by Crippen LogP contribution is 2.25. The first-order valence-electron chi connectivity index (χ1n) is 5.60. The molecule has 1 aliphatic rings. The molecule has 0 saturated carbocycles. The average molecular weight is 272 g/mol. The van der Waals surface area contributed by atoms with Crippen LogP contribution in [0.4, 0.5) is 14.5 Å². The van der Waals surface area contributed by atoms with Crippen LogP contribution in [-0.4, -0.2) is 35.4 Å². The minimum atomic E-state index is -0.975. The van der Waals surface area contributed by atoms with E-state index in [9.17, 15) is 13.6 Å². The highest BCUT2D eigenvalue weighted by Gasteiger charge is 2.28. The van der Waals surface area contributed by atoms with Gasteiger partial charge in [0.1, 0.15) is 11.4 Å². The van der Waals surface area contributed by atoms with Crippen LogP contribution in [0.15, 0.2) is 12.1 Å². The SMILES string of the molecule is CN(C(=O)c1c(F)ccc(N)c1F)C1CCSC1. The van der Waals surface area contributed by atoms with E-state index in [-0.39, 0.29) is 11.7 Å². The lowest BCUT2D eigenvalue weighted by atomic mass is 10.1. The van der Waals surface area contributed by atoms with Crippen LogP contribution in [0, 0.1) is 11.6 Å². The number of nitrogens with zero attached hydrogens (tertiary/aromatic N) is 1. The Bertz CT molecular complexity index is 475. The zero-order valence-corrected chi connectivity index (χ0v) is 10.8. The lowest BCUT2D eigenvalue weighted by Crippen LogP contribution is -2.38.